The molecular formula is C21H30N4O2S. The maximum atomic E-state index is 12.7. The molecule has 7 heteroatoms. The third-order valence-corrected chi connectivity index (χ3v) is 7.48. The van der Waals surface area contributed by atoms with Crippen molar-refractivity contribution in [1.29, 1.82) is 0 Å². The Hall–Kier alpha value is -1.70. The van der Waals surface area contributed by atoms with Gasteiger partial charge >= 0.3 is 0 Å². The quantitative estimate of drug-likeness (QED) is 0.851. The molecule has 4 rings (SSSR count). The molecule has 2 aromatic rings. The van der Waals surface area contributed by atoms with Gasteiger partial charge in [-0.15, -0.1) is 0 Å². The molecule has 28 heavy (non-hydrogen) atoms. The predicted octanol–water partition coefficient (Wildman–Crippen LogP) is 3.48. The molecular weight excluding hydrogens is 372 g/mol. The number of aromatic nitrogens is 2. The minimum Gasteiger partial charge on any atom is -0.237 e. The Bertz CT molecular complexity index is 936. The first-order chi connectivity index (χ1) is 13.3. The van der Waals surface area contributed by atoms with Crippen LogP contribution in [0.3, 0.4) is 0 Å². The maximum absolute atomic E-state index is 12.7. The lowest BCUT2D eigenvalue weighted by Crippen LogP contribution is -2.41. The minimum atomic E-state index is -3.43. The van der Waals surface area contributed by atoms with Gasteiger partial charge in [0.05, 0.1) is 17.9 Å². The van der Waals surface area contributed by atoms with Gasteiger partial charge in [-0.3, -0.25) is 0 Å². The summed E-state index contributed by atoms with van der Waals surface area (Å²) in [5, 5.41) is 4.61. The molecule has 1 N–H and O–H groups in total. The lowest BCUT2D eigenvalue weighted by atomic mass is 9.87. The van der Waals surface area contributed by atoms with Gasteiger partial charge in [0.25, 0.3) is 10.2 Å². The van der Waals surface area contributed by atoms with Crippen LogP contribution in [-0.4, -0.2) is 35.6 Å². The van der Waals surface area contributed by atoms with Crippen molar-refractivity contribution in [2.24, 2.45) is 0 Å². The predicted molar refractivity (Wildman–Crippen MR) is 111 cm³/mol. The molecule has 0 unspecified atom stereocenters. The van der Waals surface area contributed by atoms with Gasteiger partial charge < -0.3 is 0 Å². The molecule has 1 aliphatic heterocycles. The summed E-state index contributed by atoms with van der Waals surface area (Å²) in [5.41, 5.74) is 4.55. The number of nitrogens with one attached hydrogen (secondary N) is 1. The van der Waals surface area contributed by atoms with E-state index in [1.807, 2.05) is 10.9 Å². The van der Waals surface area contributed by atoms with Crippen LogP contribution in [0.1, 0.15) is 69.3 Å². The van der Waals surface area contributed by atoms with Crippen molar-refractivity contribution in [2.75, 3.05) is 13.1 Å². The van der Waals surface area contributed by atoms with E-state index in [4.69, 9.17) is 0 Å². The van der Waals surface area contributed by atoms with E-state index < -0.39 is 10.2 Å². The zero-order valence-electron chi connectivity index (χ0n) is 17.0. The highest BCUT2D eigenvalue weighted by atomic mass is 32.2. The Morgan fingerprint density at radius 2 is 1.75 bits per heavy atom. The first-order valence-electron chi connectivity index (χ1n) is 10.2. The number of fused-ring (bicyclic) bond motifs is 1. The molecule has 1 atom stereocenters. The van der Waals surface area contributed by atoms with Crippen LogP contribution in [0.15, 0.2) is 30.5 Å². The van der Waals surface area contributed by atoms with Gasteiger partial charge in [-0.05, 0) is 55.2 Å². The third-order valence-electron chi connectivity index (χ3n) is 5.86. The van der Waals surface area contributed by atoms with Crippen molar-refractivity contribution in [3.8, 4) is 5.69 Å². The average Bonchev–Trinajstić information content (AvgIpc) is 3.32. The minimum absolute atomic E-state index is 0.112. The summed E-state index contributed by atoms with van der Waals surface area (Å²) in [6.07, 6.45) is 6.40. The zero-order chi connectivity index (χ0) is 19.9. The lowest BCUT2D eigenvalue weighted by molar-refractivity contribution is 0.438. The van der Waals surface area contributed by atoms with Gasteiger partial charge in [-0.25, -0.2) is 4.68 Å². The van der Waals surface area contributed by atoms with Crippen molar-refractivity contribution in [1.82, 2.24) is 18.8 Å². The fourth-order valence-corrected chi connectivity index (χ4v) is 5.68. The van der Waals surface area contributed by atoms with Crippen LogP contribution < -0.4 is 4.72 Å². The normalized spacial score (nSPS) is 21.0. The second-order valence-corrected chi connectivity index (χ2v) is 10.6. The Morgan fingerprint density at radius 1 is 1.07 bits per heavy atom. The van der Waals surface area contributed by atoms with E-state index in [1.54, 1.807) is 4.31 Å². The molecule has 1 aromatic carbocycles. The number of hydrogen-bond donors (Lipinski definition) is 1. The Balaban J connectivity index is 1.59. The molecule has 0 saturated carbocycles. The molecule has 1 saturated heterocycles. The van der Waals surface area contributed by atoms with E-state index in [0.717, 1.165) is 49.0 Å². The summed E-state index contributed by atoms with van der Waals surface area (Å²) in [7, 11) is -3.43. The second kappa shape index (κ2) is 7.28. The van der Waals surface area contributed by atoms with Crippen LogP contribution in [0, 0.1) is 0 Å². The lowest BCUT2D eigenvalue weighted by Gasteiger charge is -2.26. The molecule has 2 heterocycles. The van der Waals surface area contributed by atoms with E-state index in [9.17, 15) is 8.42 Å². The summed E-state index contributed by atoms with van der Waals surface area (Å²) in [6.45, 7) is 7.85. The second-order valence-electron chi connectivity index (χ2n) is 8.93. The number of hydrogen-bond acceptors (Lipinski definition) is 3. The van der Waals surface area contributed by atoms with Gasteiger partial charge in [0.15, 0.2) is 0 Å². The van der Waals surface area contributed by atoms with E-state index in [-0.39, 0.29) is 11.5 Å². The van der Waals surface area contributed by atoms with Crippen molar-refractivity contribution in [3.05, 3.63) is 47.3 Å². The third kappa shape index (κ3) is 3.75. The molecule has 0 amide bonds. The van der Waals surface area contributed by atoms with Gasteiger partial charge in [-0.2, -0.15) is 22.5 Å². The van der Waals surface area contributed by atoms with Gasteiger partial charge in [0, 0.05) is 24.3 Å². The van der Waals surface area contributed by atoms with Crippen molar-refractivity contribution < 1.29 is 8.42 Å². The fourth-order valence-electron chi connectivity index (χ4n) is 4.19. The Labute approximate surface area is 168 Å². The van der Waals surface area contributed by atoms with Gasteiger partial charge in [0.2, 0.25) is 0 Å². The van der Waals surface area contributed by atoms with Crippen LogP contribution in [0.5, 0.6) is 0 Å². The van der Waals surface area contributed by atoms with Crippen LogP contribution in [0.2, 0.25) is 0 Å². The first-order valence-corrected chi connectivity index (χ1v) is 11.6. The van der Waals surface area contributed by atoms with E-state index in [2.05, 4.69) is 54.9 Å². The molecule has 1 fully saturated rings. The summed E-state index contributed by atoms with van der Waals surface area (Å²) >= 11 is 0. The molecule has 1 aliphatic carbocycles. The van der Waals surface area contributed by atoms with Gasteiger partial charge in [0.1, 0.15) is 0 Å². The van der Waals surface area contributed by atoms with Crippen LogP contribution in [0.4, 0.5) is 0 Å². The Morgan fingerprint density at radius 3 is 2.39 bits per heavy atom. The first kappa shape index (κ1) is 19.6. The highest BCUT2D eigenvalue weighted by Gasteiger charge is 2.32. The van der Waals surface area contributed by atoms with Crippen LogP contribution >= 0.6 is 0 Å². The summed E-state index contributed by atoms with van der Waals surface area (Å²) in [4.78, 5) is 0. The summed E-state index contributed by atoms with van der Waals surface area (Å²) < 4.78 is 31.9. The van der Waals surface area contributed by atoms with Crippen molar-refractivity contribution >= 4 is 10.2 Å². The van der Waals surface area contributed by atoms with Crippen molar-refractivity contribution in [2.45, 2.75) is 64.3 Å². The molecule has 0 bridgehead atoms. The Kier molecular flexibility index (Phi) is 5.10. The molecule has 2 aliphatic rings. The molecule has 0 spiro atoms. The summed E-state index contributed by atoms with van der Waals surface area (Å²) in [6, 6.07) is 8.31. The molecule has 152 valence electrons. The zero-order valence-corrected chi connectivity index (χ0v) is 17.8. The van der Waals surface area contributed by atoms with E-state index >= 15 is 0 Å². The SMILES string of the molecule is CC(C)(C)c1ccc(-n2ncc3c2CCC[C@@H]3NS(=O)(=O)N2CCCC2)cc1. The highest BCUT2D eigenvalue weighted by molar-refractivity contribution is 7.87. The van der Waals surface area contributed by atoms with E-state index in [1.165, 1.54) is 5.56 Å². The fraction of sp³-hybridized carbons (Fsp3) is 0.571. The number of nitrogens with zero attached hydrogens (tertiary/aromatic N) is 3. The summed E-state index contributed by atoms with van der Waals surface area (Å²) in [5.74, 6) is 0. The average molecular weight is 403 g/mol. The standard InChI is InChI=1S/C21H30N4O2S/c1-21(2,3)16-9-11-17(12-10-16)25-20-8-6-7-19(18(20)15-22-25)23-28(26,27)24-13-4-5-14-24/h9-12,15,19,23H,4-8,13-14H2,1-3H3/t19-/m0/s1. The van der Waals surface area contributed by atoms with Crippen LogP contribution in [-0.2, 0) is 22.0 Å². The highest BCUT2D eigenvalue weighted by Crippen LogP contribution is 2.32. The van der Waals surface area contributed by atoms with E-state index in [0.29, 0.717) is 13.1 Å². The van der Waals surface area contributed by atoms with Crippen molar-refractivity contribution in [3.63, 3.8) is 0 Å². The monoisotopic (exact) mass is 402 g/mol. The molecule has 6 nitrogen and oxygen atoms in total. The largest absolute Gasteiger partial charge is 0.280 e. The van der Waals surface area contributed by atoms with Gasteiger partial charge in [-0.1, -0.05) is 32.9 Å². The number of rotatable bonds is 4. The number of benzene rings is 1. The molecule has 0 radical (unpaired) electrons. The van der Waals surface area contributed by atoms with Crippen LogP contribution in [0.25, 0.3) is 5.69 Å². The maximum Gasteiger partial charge on any atom is 0.280 e. The topological polar surface area (TPSA) is 67.2 Å². The molecule has 1 aromatic heterocycles. The smallest absolute Gasteiger partial charge is 0.237 e.